The number of ether oxygens (including phenoxy) is 1. The molecular weight excluding hydrogens is 303 g/mol. The fraction of sp³-hybridized carbons (Fsp3) is 0.357. The maximum absolute atomic E-state index is 12.5. The van der Waals surface area contributed by atoms with E-state index in [2.05, 4.69) is 4.98 Å². The molecule has 7 heteroatoms. The van der Waals surface area contributed by atoms with Crippen molar-refractivity contribution < 1.29 is 23.0 Å². The number of nitrogens with zero attached hydrogens (tertiary/aromatic N) is 1. The van der Waals surface area contributed by atoms with Crippen molar-refractivity contribution in [1.82, 2.24) is 4.98 Å². The van der Waals surface area contributed by atoms with Crippen LogP contribution < -0.4 is 4.74 Å². The lowest BCUT2D eigenvalue weighted by molar-refractivity contribution is -0.137. The van der Waals surface area contributed by atoms with Crippen LogP contribution in [-0.4, -0.2) is 16.7 Å². The minimum Gasteiger partial charge on any atom is -0.494 e. The Kier molecular flexibility index (Phi) is 4.84. The molecule has 0 radical (unpaired) electrons. The molecule has 2 aromatic rings. The van der Waals surface area contributed by atoms with Crippen LogP contribution in [0.4, 0.5) is 13.2 Å². The number of halogens is 3. The number of alkyl halides is 3. The first-order chi connectivity index (χ1) is 9.91. The molecule has 0 fully saturated rings. The third-order valence-corrected chi connectivity index (χ3v) is 3.78. The molecule has 1 aromatic carbocycles. The number of aromatic nitrogens is 1. The maximum atomic E-state index is 12.5. The zero-order valence-corrected chi connectivity index (χ0v) is 12.0. The number of hydrogen-bond acceptors (Lipinski definition) is 4. The second-order valence-corrected chi connectivity index (χ2v) is 5.45. The monoisotopic (exact) mass is 317 g/mol. The predicted octanol–water partition coefficient (Wildman–Crippen LogP) is 4.03. The van der Waals surface area contributed by atoms with Gasteiger partial charge in [0.2, 0.25) is 0 Å². The normalized spacial score (nSPS) is 13.2. The fourth-order valence-electron chi connectivity index (χ4n) is 1.70. The third kappa shape index (κ3) is 3.95. The zero-order chi connectivity index (χ0) is 15.5. The second-order valence-electron chi connectivity index (χ2n) is 4.39. The van der Waals surface area contributed by atoms with Crippen LogP contribution in [0.15, 0.2) is 30.5 Å². The summed E-state index contributed by atoms with van der Waals surface area (Å²) < 4.78 is 43.0. The van der Waals surface area contributed by atoms with Crippen LogP contribution in [0.3, 0.4) is 0 Å². The maximum Gasteiger partial charge on any atom is 0.443 e. The van der Waals surface area contributed by atoms with E-state index in [-0.39, 0.29) is 4.88 Å². The number of rotatable bonds is 5. The molecule has 114 valence electrons. The molecule has 3 nitrogen and oxygen atoms in total. The van der Waals surface area contributed by atoms with E-state index in [1.807, 2.05) is 6.92 Å². The lowest BCUT2D eigenvalue weighted by atomic mass is 10.1. The minimum atomic E-state index is -4.49. The first-order valence-corrected chi connectivity index (χ1v) is 7.17. The SMILES string of the molecule is CCCOc1cccc(C(O)c2cnc(C(F)(F)F)s2)c1. The highest BCUT2D eigenvalue weighted by Crippen LogP contribution is 2.36. The number of aliphatic hydroxyl groups is 1. The highest BCUT2D eigenvalue weighted by Gasteiger charge is 2.35. The van der Waals surface area contributed by atoms with Crippen molar-refractivity contribution in [2.24, 2.45) is 0 Å². The van der Waals surface area contributed by atoms with Crippen LogP contribution in [0.2, 0.25) is 0 Å². The average Bonchev–Trinajstić information content (AvgIpc) is 2.94. The molecule has 0 aliphatic rings. The molecular formula is C14H14F3NO2S. The van der Waals surface area contributed by atoms with Crippen LogP contribution in [-0.2, 0) is 6.18 Å². The summed E-state index contributed by atoms with van der Waals surface area (Å²) in [6.45, 7) is 2.51. The van der Waals surface area contributed by atoms with Gasteiger partial charge in [-0.2, -0.15) is 13.2 Å². The molecule has 2 rings (SSSR count). The van der Waals surface area contributed by atoms with E-state index in [1.165, 1.54) is 0 Å². The van der Waals surface area contributed by atoms with E-state index in [0.717, 1.165) is 12.6 Å². The molecule has 1 heterocycles. The van der Waals surface area contributed by atoms with Gasteiger partial charge in [-0.05, 0) is 24.1 Å². The lowest BCUT2D eigenvalue weighted by Crippen LogP contribution is -2.03. The van der Waals surface area contributed by atoms with Gasteiger partial charge in [0.1, 0.15) is 11.9 Å². The summed E-state index contributed by atoms with van der Waals surface area (Å²) >= 11 is 0.440. The molecule has 0 saturated carbocycles. The van der Waals surface area contributed by atoms with Gasteiger partial charge in [-0.25, -0.2) is 4.98 Å². The molecule has 21 heavy (non-hydrogen) atoms. The smallest absolute Gasteiger partial charge is 0.443 e. The Labute approximate surface area is 124 Å². The van der Waals surface area contributed by atoms with E-state index in [1.54, 1.807) is 24.3 Å². The van der Waals surface area contributed by atoms with Crippen molar-refractivity contribution in [3.63, 3.8) is 0 Å². The largest absolute Gasteiger partial charge is 0.494 e. The van der Waals surface area contributed by atoms with Crippen molar-refractivity contribution in [1.29, 1.82) is 0 Å². The molecule has 0 aliphatic carbocycles. The summed E-state index contributed by atoms with van der Waals surface area (Å²) in [6, 6.07) is 6.68. The van der Waals surface area contributed by atoms with E-state index in [4.69, 9.17) is 4.74 Å². The Morgan fingerprint density at radius 1 is 1.38 bits per heavy atom. The number of benzene rings is 1. The second kappa shape index (κ2) is 6.44. The van der Waals surface area contributed by atoms with E-state index >= 15 is 0 Å². The van der Waals surface area contributed by atoms with Gasteiger partial charge in [-0.15, -0.1) is 11.3 Å². The Bertz CT molecular complexity index is 598. The molecule has 1 N–H and O–H groups in total. The number of hydrogen-bond donors (Lipinski definition) is 1. The van der Waals surface area contributed by atoms with Gasteiger partial charge in [0.25, 0.3) is 0 Å². The van der Waals surface area contributed by atoms with Gasteiger partial charge in [0.15, 0.2) is 5.01 Å². The van der Waals surface area contributed by atoms with E-state index in [9.17, 15) is 18.3 Å². The van der Waals surface area contributed by atoms with Crippen LogP contribution in [0.25, 0.3) is 0 Å². The first-order valence-electron chi connectivity index (χ1n) is 6.35. The third-order valence-electron chi connectivity index (χ3n) is 2.68. The van der Waals surface area contributed by atoms with Gasteiger partial charge >= 0.3 is 6.18 Å². The summed E-state index contributed by atoms with van der Waals surface area (Å²) in [4.78, 5) is 3.46. The van der Waals surface area contributed by atoms with Crippen molar-refractivity contribution in [3.05, 3.63) is 45.9 Å². The highest BCUT2D eigenvalue weighted by atomic mass is 32.1. The van der Waals surface area contributed by atoms with Crippen molar-refractivity contribution in [3.8, 4) is 5.75 Å². The van der Waals surface area contributed by atoms with Crippen LogP contribution in [0, 0.1) is 0 Å². The molecule has 0 bridgehead atoms. The quantitative estimate of drug-likeness (QED) is 0.905. The molecule has 0 saturated heterocycles. The standard InChI is InChI=1S/C14H14F3NO2S/c1-2-6-20-10-5-3-4-9(7-10)12(19)11-8-18-13(21-11)14(15,16)17/h3-5,7-8,12,19H,2,6H2,1H3. The summed E-state index contributed by atoms with van der Waals surface area (Å²) in [5, 5.41) is 9.21. The molecule has 0 spiro atoms. The lowest BCUT2D eigenvalue weighted by Gasteiger charge is -2.11. The van der Waals surface area contributed by atoms with Crippen LogP contribution in [0.5, 0.6) is 5.75 Å². The highest BCUT2D eigenvalue weighted by molar-refractivity contribution is 7.11. The Morgan fingerprint density at radius 2 is 2.14 bits per heavy atom. The molecule has 0 aliphatic heterocycles. The van der Waals surface area contributed by atoms with Crippen molar-refractivity contribution in [2.75, 3.05) is 6.61 Å². The predicted molar refractivity (Wildman–Crippen MR) is 73.4 cm³/mol. The Morgan fingerprint density at radius 3 is 2.76 bits per heavy atom. The van der Waals surface area contributed by atoms with Gasteiger partial charge < -0.3 is 9.84 Å². The summed E-state index contributed by atoms with van der Waals surface area (Å²) in [5.74, 6) is 0.578. The number of aliphatic hydroxyl groups excluding tert-OH is 1. The van der Waals surface area contributed by atoms with Crippen molar-refractivity contribution in [2.45, 2.75) is 25.6 Å². The van der Waals surface area contributed by atoms with Gasteiger partial charge in [-0.3, -0.25) is 0 Å². The van der Waals surface area contributed by atoms with Crippen LogP contribution >= 0.6 is 11.3 Å². The minimum absolute atomic E-state index is 0.148. The van der Waals surface area contributed by atoms with E-state index < -0.39 is 17.3 Å². The summed E-state index contributed by atoms with van der Waals surface area (Å²) in [6.07, 6.45) is -3.74. The van der Waals surface area contributed by atoms with Crippen molar-refractivity contribution >= 4 is 11.3 Å². The molecule has 1 unspecified atom stereocenters. The zero-order valence-electron chi connectivity index (χ0n) is 11.2. The van der Waals surface area contributed by atoms with E-state index in [0.29, 0.717) is 29.3 Å². The molecule has 0 amide bonds. The fourth-order valence-corrected chi connectivity index (χ4v) is 2.50. The summed E-state index contributed by atoms with van der Waals surface area (Å²) in [7, 11) is 0. The first kappa shape index (κ1) is 15.8. The van der Waals surface area contributed by atoms with Gasteiger partial charge in [-0.1, -0.05) is 19.1 Å². The Hall–Kier alpha value is -1.60. The average molecular weight is 317 g/mol. The topological polar surface area (TPSA) is 42.4 Å². The van der Waals surface area contributed by atoms with Gasteiger partial charge in [0.05, 0.1) is 11.5 Å². The van der Waals surface area contributed by atoms with Crippen LogP contribution in [0.1, 0.15) is 34.9 Å². The van der Waals surface area contributed by atoms with Gasteiger partial charge in [0, 0.05) is 6.20 Å². The summed E-state index contributed by atoms with van der Waals surface area (Å²) in [5.41, 5.74) is 0.473. The molecule has 1 aromatic heterocycles. The number of thiazole rings is 1. The molecule has 1 atom stereocenters. The Balaban J connectivity index is 2.19.